The summed E-state index contributed by atoms with van der Waals surface area (Å²) in [5.41, 5.74) is 5.16. The molecule has 0 bridgehead atoms. The lowest BCUT2D eigenvalue weighted by atomic mass is 9.83. The summed E-state index contributed by atoms with van der Waals surface area (Å²) in [4.78, 5) is 11.9. The highest BCUT2D eigenvalue weighted by atomic mass is 16.5. The van der Waals surface area contributed by atoms with Crippen LogP contribution in [0, 0.1) is 0 Å². The molecule has 0 aromatic rings. The number of hydrogen-bond donors (Lipinski definition) is 2. The molecule has 2 aliphatic rings. The van der Waals surface area contributed by atoms with Crippen molar-refractivity contribution in [3.63, 3.8) is 0 Å². The van der Waals surface area contributed by atoms with Crippen LogP contribution in [-0.4, -0.2) is 30.2 Å². The Morgan fingerprint density at radius 2 is 2.17 bits per heavy atom. The molecule has 0 aromatic carbocycles. The number of nitrogens with one attached hydrogen (secondary N) is 1. The average molecular weight is 254 g/mol. The molecule has 2 fully saturated rings. The van der Waals surface area contributed by atoms with Crippen molar-refractivity contribution in [1.82, 2.24) is 5.32 Å². The average Bonchev–Trinajstić information content (AvgIpc) is 2.82. The van der Waals surface area contributed by atoms with Crippen LogP contribution < -0.4 is 11.1 Å². The summed E-state index contributed by atoms with van der Waals surface area (Å²) in [5.74, 6) is -0.196. The predicted octanol–water partition coefficient (Wildman–Crippen LogP) is 1.72. The fraction of sp³-hybridized carbons (Fsp3) is 0.929. The molecule has 0 radical (unpaired) electrons. The molecule has 1 saturated carbocycles. The van der Waals surface area contributed by atoms with Gasteiger partial charge in [-0.2, -0.15) is 0 Å². The maximum absolute atomic E-state index is 11.9. The molecule has 4 nitrogen and oxygen atoms in total. The minimum Gasteiger partial charge on any atom is -0.378 e. The first-order valence-electron chi connectivity index (χ1n) is 7.35. The quantitative estimate of drug-likeness (QED) is 0.785. The summed E-state index contributed by atoms with van der Waals surface area (Å²) < 4.78 is 5.74. The number of amides is 1. The van der Waals surface area contributed by atoms with Gasteiger partial charge in [-0.15, -0.1) is 0 Å². The van der Waals surface area contributed by atoms with E-state index in [9.17, 15) is 4.79 Å². The zero-order chi connectivity index (χ0) is 13.0. The Labute approximate surface area is 110 Å². The zero-order valence-corrected chi connectivity index (χ0v) is 11.4. The van der Waals surface area contributed by atoms with Gasteiger partial charge in [-0.25, -0.2) is 0 Å². The Hall–Kier alpha value is -0.610. The molecule has 1 amide bonds. The second kappa shape index (κ2) is 6.02. The monoisotopic (exact) mass is 254 g/mol. The number of primary amides is 1. The Bertz CT molecular complexity index is 288. The molecule has 2 unspecified atom stereocenters. The SMILES string of the molecule is CCCC1CC(NC2CCCC2)(C(N)=O)CCO1. The standard InChI is InChI=1S/C14H26N2O2/c1-2-5-12-10-14(13(15)17,8-9-18-12)16-11-6-3-4-7-11/h11-12,16H,2-10H2,1H3,(H2,15,17). The Morgan fingerprint density at radius 1 is 1.44 bits per heavy atom. The van der Waals surface area contributed by atoms with Crippen LogP contribution in [0.3, 0.4) is 0 Å². The van der Waals surface area contributed by atoms with Crippen LogP contribution in [0.1, 0.15) is 58.3 Å². The molecule has 4 heteroatoms. The Morgan fingerprint density at radius 3 is 2.78 bits per heavy atom. The number of rotatable bonds is 5. The Balaban J connectivity index is 2.02. The molecule has 0 aromatic heterocycles. The lowest BCUT2D eigenvalue weighted by molar-refractivity contribution is -0.132. The van der Waals surface area contributed by atoms with Crippen LogP contribution in [0.4, 0.5) is 0 Å². The van der Waals surface area contributed by atoms with E-state index in [2.05, 4.69) is 12.2 Å². The van der Waals surface area contributed by atoms with Crippen molar-refractivity contribution < 1.29 is 9.53 Å². The van der Waals surface area contributed by atoms with Crippen LogP contribution in [-0.2, 0) is 9.53 Å². The highest BCUT2D eigenvalue weighted by Crippen LogP contribution is 2.30. The van der Waals surface area contributed by atoms with Crippen molar-refractivity contribution in [1.29, 1.82) is 0 Å². The molecule has 104 valence electrons. The number of nitrogens with two attached hydrogens (primary N) is 1. The predicted molar refractivity (Wildman–Crippen MR) is 71.2 cm³/mol. The van der Waals surface area contributed by atoms with Crippen LogP contribution in [0.15, 0.2) is 0 Å². The van der Waals surface area contributed by atoms with Gasteiger partial charge in [-0.05, 0) is 25.7 Å². The van der Waals surface area contributed by atoms with Crippen LogP contribution >= 0.6 is 0 Å². The molecule has 2 atom stereocenters. The van der Waals surface area contributed by atoms with Crippen LogP contribution in [0.25, 0.3) is 0 Å². The zero-order valence-electron chi connectivity index (χ0n) is 11.4. The van der Waals surface area contributed by atoms with E-state index in [1.807, 2.05) is 0 Å². The van der Waals surface area contributed by atoms with E-state index in [4.69, 9.17) is 10.5 Å². The first-order chi connectivity index (χ1) is 8.66. The van der Waals surface area contributed by atoms with Crippen molar-refractivity contribution in [3.05, 3.63) is 0 Å². The van der Waals surface area contributed by atoms with E-state index in [0.717, 1.165) is 25.7 Å². The Kier molecular flexibility index (Phi) is 4.62. The minimum absolute atomic E-state index is 0.185. The molecule has 1 aliphatic carbocycles. The molecule has 18 heavy (non-hydrogen) atoms. The number of carbonyl (C=O) groups excluding carboxylic acids is 1. The van der Waals surface area contributed by atoms with Crippen molar-refractivity contribution in [2.75, 3.05) is 6.61 Å². The number of hydrogen-bond acceptors (Lipinski definition) is 3. The smallest absolute Gasteiger partial charge is 0.237 e. The van der Waals surface area contributed by atoms with Gasteiger partial charge in [-0.3, -0.25) is 4.79 Å². The van der Waals surface area contributed by atoms with E-state index >= 15 is 0 Å². The van der Waals surface area contributed by atoms with Gasteiger partial charge in [0.15, 0.2) is 0 Å². The van der Waals surface area contributed by atoms with Gasteiger partial charge in [0, 0.05) is 19.1 Å². The third-order valence-corrected chi connectivity index (χ3v) is 4.38. The largest absolute Gasteiger partial charge is 0.378 e. The van der Waals surface area contributed by atoms with Gasteiger partial charge in [0.2, 0.25) is 5.91 Å². The summed E-state index contributed by atoms with van der Waals surface area (Å²) in [6, 6.07) is 0.470. The minimum atomic E-state index is -0.521. The fourth-order valence-corrected chi connectivity index (χ4v) is 3.34. The van der Waals surface area contributed by atoms with E-state index < -0.39 is 5.54 Å². The summed E-state index contributed by atoms with van der Waals surface area (Å²) >= 11 is 0. The van der Waals surface area contributed by atoms with Gasteiger partial charge < -0.3 is 15.8 Å². The summed E-state index contributed by atoms with van der Waals surface area (Å²) in [6.07, 6.45) is 8.63. The highest BCUT2D eigenvalue weighted by Gasteiger charge is 2.43. The lowest BCUT2D eigenvalue weighted by Gasteiger charge is -2.41. The van der Waals surface area contributed by atoms with Crippen molar-refractivity contribution in [2.24, 2.45) is 5.73 Å². The molecule has 2 rings (SSSR count). The van der Waals surface area contributed by atoms with E-state index in [-0.39, 0.29) is 12.0 Å². The van der Waals surface area contributed by atoms with E-state index in [1.54, 1.807) is 0 Å². The normalized spacial score (nSPS) is 33.7. The number of ether oxygens (including phenoxy) is 1. The van der Waals surface area contributed by atoms with Crippen molar-refractivity contribution in [3.8, 4) is 0 Å². The van der Waals surface area contributed by atoms with Gasteiger partial charge in [-0.1, -0.05) is 26.2 Å². The third-order valence-electron chi connectivity index (χ3n) is 4.38. The van der Waals surface area contributed by atoms with Crippen molar-refractivity contribution >= 4 is 5.91 Å². The molecule has 0 spiro atoms. The maximum Gasteiger partial charge on any atom is 0.237 e. The summed E-state index contributed by atoms with van der Waals surface area (Å²) in [6.45, 7) is 2.79. The van der Waals surface area contributed by atoms with Gasteiger partial charge in [0.25, 0.3) is 0 Å². The number of carbonyl (C=O) groups is 1. The topological polar surface area (TPSA) is 64.3 Å². The lowest BCUT2D eigenvalue weighted by Crippen LogP contribution is -2.62. The van der Waals surface area contributed by atoms with Gasteiger partial charge >= 0.3 is 0 Å². The van der Waals surface area contributed by atoms with Gasteiger partial charge in [0.05, 0.1) is 6.10 Å². The highest BCUT2D eigenvalue weighted by molar-refractivity contribution is 5.84. The maximum atomic E-state index is 11.9. The summed E-state index contributed by atoms with van der Waals surface area (Å²) in [7, 11) is 0. The van der Waals surface area contributed by atoms with E-state index in [0.29, 0.717) is 12.6 Å². The first-order valence-corrected chi connectivity index (χ1v) is 7.35. The molecule has 3 N–H and O–H groups in total. The molecule has 1 aliphatic heterocycles. The van der Waals surface area contributed by atoms with Gasteiger partial charge in [0.1, 0.15) is 5.54 Å². The molecule has 1 saturated heterocycles. The van der Waals surface area contributed by atoms with Crippen LogP contribution in [0.5, 0.6) is 0 Å². The fourth-order valence-electron chi connectivity index (χ4n) is 3.34. The molecule has 1 heterocycles. The summed E-state index contributed by atoms with van der Waals surface area (Å²) in [5, 5.41) is 3.56. The molecular formula is C14H26N2O2. The first kappa shape index (κ1) is 13.8. The molecular weight excluding hydrogens is 228 g/mol. The third kappa shape index (κ3) is 3.04. The van der Waals surface area contributed by atoms with E-state index in [1.165, 1.54) is 25.7 Å². The second-order valence-corrected chi connectivity index (χ2v) is 5.81. The second-order valence-electron chi connectivity index (χ2n) is 5.81. The van der Waals surface area contributed by atoms with Crippen molar-refractivity contribution in [2.45, 2.75) is 76.0 Å². The van der Waals surface area contributed by atoms with Crippen LogP contribution in [0.2, 0.25) is 0 Å².